The van der Waals surface area contributed by atoms with E-state index in [9.17, 15) is 4.79 Å². The largest absolute Gasteiger partial charge is 0.328 e. The molecular weight excluding hydrogens is 188 g/mol. The molecule has 1 heterocycles. The molecule has 0 aromatic heterocycles. The van der Waals surface area contributed by atoms with Gasteiger partial charge in [0.25, 0.3) is 0 Å². The lowest BCUT2D eigenvalue weighted by atomic mass is 10.1. The Hall–Kier alpha value is -0.570. The molecule has 0 spiro atoms. The molecule has 1 fully saturated rings. The van der Waals surface area contributed by atoms with E-state index in [-0.39, 0.29) is 6.04 Å². The second-order valence-electron chi connectivity index (χ2n) is 4.63. The van der Waals surface area contributed by atoms with Crippen molar-refractivity contribution >= 4 is 5.91 Å². The number of hydrogen-bond donors (Lipinski definition) is 1. The van der Waals surface area contributed by atoms with Crippen molar-refractivity contribution in [2.45, 2.75) is 52.5 Å². The maximum atomic E-state index is 11.9. The van der Waals surface area contributed by atoms with E-state index in [0.717, 1.165) is 38.9 Å². The van der Waals surface area contributed by atoms with Crippen molar-refractivity contribution in [1.82, 2.24) is 10.2 Å². The van der Waals surface area contributed by atoms with Gasteiger partial charge in [0.15, 0.2) is 0 Å². The van der Waals surface area contributed by atoms with Gasteiger partial charge in [0.05, 0.1) is 12.7 Å². The molecule has 0 aromatic carbocycles. The summed E-state index contributed by atoms with van der Waals surface area (Å²) in [6.45, 7) is 8.19. The zero-order valence-corrected chi connectivity index (χ0v) is 10.3. The molecule has 2 atom stereocenters. The molecule has 1 N–H and O–H groups in total. The summed E-state index contributed by atoms with van der Waals surface area (Å²) in [6.07, 6.45) is 4.44. The van der Waals surface area contributed by atoms with E-state index in [1.807, 2.05) is 4.90 Å². The zero-order chi connectivity index (χ0) is 11.3. The summed E-state index contributed by atoms with van der Waals surface area (Å²) in [5.41, 5.74) is 0. The smallest absolute Gasteiger partial charge is 0.240 e. The van der Waals surface area contributed by atoms with Crippen LogP contribution in [0.15, 0.2) is 0 Å². The Bertz CT molecular complexity index is 206. The predicted octanol–water partition coefficient (Wildman–Crippen LogP) is 1.98. The third kappa shape index (κ3) is 3.49. The van der Waals surface area contributed by atoms with Crippen LogP contribution in [-0.2, 0) is 4.79 Å². The second kappa shape index (κ2) is 6.11. The molecule has 0 bridgehead atoms. The monoisotopic (exact) mass is 212 g/mol. The van der Waals surface area contributed by atoms with Gasteiger partial charge >= 0.3 is 0 Å². The molecule has 0 aromatic rings. The van der Waals surface area contributed by atoms with E-state index in [2.05, 4.69) is 26.1 Å². The number of hydrogen-bond acceptors (Lipinski definition) is 2. The van der Waals surface area contributed by atoms with Crippen LogP contribution in [0.1, 0.15) is 46.5 Å². The minimum atomic E-state index is 0.0917. The molecule has 2 unspecified atom stereocenters. The number of nitrogens with one attached hydrogen (secondary N) is 1. The van der Waals surface area contributed by atoms with Gasteiger partial charge in [-0.15, -0.1) is 0 Å². The lowest BCUT2D eigenvalue weighted by Gasteiger charge is -2.19. The first-order chi connectivity index (χ1) is 7.19. The third-order valence-electron chi connectivity index (χ3n) is 3.21. The van der Waals surface area contributed by atoms with E-state index in [0.29, 0.717) is 11.8 Å². The van der Waals surface area contributed by atoms with E-state index >= 15 is 0 Å². The highest BCUT2D eigenvalue weighted by molar-refractivity contribution is 5.83. The molecule has 1 aliphatic rings. The quantitative estimate of drug-likeness (QED) is 0.730. The van der Waals surface area contributed by atoms with Gasteiger partial charge in [0, 0.05) is 6.54 Å². The first kappa shape index (κ1) is 12.5. The minimum absolute atomic E-state index is 0.0917. The number of amides is 1. The van der Waals surface area contributed by atoms with Crippen molar-refractivity contribution in [1.29, 1.82) is 0 Å². The molecule has 0 radical (unpaired) electrons. The van der Waals surface area contributed by atoms with Crippen molar-refractivity contribution in [2.75, 3.05) is 13.2 Å². The van der Waals surface area contributed by atoms with E-state index in [1.165, 1.54) is 0 Å². The van der Waals surface area contributed by atoms with Gasteiger partial charge in [-0.3, -0.25) is 10.1 Å². The second-order valence-corrected chi connectivity index (χ2v) is 4.63. The van der Waals surface area contributed by atoms with Crippen LogP contribution in [0.4, 0.5) is 0 Å². The van der Waals surface area contributed by atoms with Crippen LogP contribution in [0, 0.1) is 5.92 Å². The molecule has 1 amide bonds. The molecule has 3 nitrogen and oxygen atoms in total. The van der Waals surface area contributed by atoms with Gasteiger partial charge in [-0.05, 0) is 12.3 Å². The highest BCUT2D eigenvalue weighted by Gasteiger charge is 2.30. The van der Waals surface area contributed by atoms with Gasteiger partial charge in [-0.1, -0.05) is 40.0 Å². The number of rotatable bonds is 6. The summed E-state index contributed by atoms with van der Waals surface area (Å²) in [4.78, 5) is 13.9. The Kier molecular flexibility index (Phi) is 5.09. The normalized spacial score (nSPS) is 23.5. The summed E-state index contributed by atoms with van der Waals surface area (Å²) in [5, 5.41) is 3.30. The Labute approximate surface area is 93.2 Å². The van der Waals surface area contributed by atoms with Crippen LogP contribution in [0.3, 0.4) is 0 Å². The van der Waals surface area contributed by atoms with Crippen LogP contribution in [-0.4, -0.2) is 30.1 Å². The van der Waals surface area contributed by atoms with Crippen LogP contribution < -0.4 is 5.32 Å². The van der Waals surface area contributed by atoms with E-state index in [4.69, 9.17) is 0 Å². The maximum Gasteiger partial charge on any atom is 0.240 e. The van der Waals surface area contributed by atoms with Crippen molar-refractivity contribution in [3.63, 3.8) is 0 Å². The van der Waals surface area contributed by atoms with Crippen molar-refractivity contribution in [2.24, 2.45) is 5.92 Å². The number of nitrogens with zero attached hydrogens (tertiary/aromatic N) is 1. The van der Waals surface area contributed by atoms with Crippen LogP contribution in [0.2, 0.25) is 0 Å². The number of unbranched alkanes of at least 4 members (excludes halogenated alkanes) is 1. The Morgan fingerprint density at radius 2 is 2.27 bits per heavy atom. The molecule has 3 heteroatoms. The fourth-order valence-electron chi connectivity index (χ4n) is 1.90. The summed E-state index contributed by atoms with van der Waals surface area (Å²) in [7, 11) is 0. The topological polar surface area (TPSA) is 32.3 Å². The van der Waals surface area contributed by atoms with Crippen LogP contribution in [0.25, 0.3) is 0 Å². The first-order valence-electron chi connectivity index (χ1n) is 6.21. The van der Waals surface area contributed by atoms with Crippen LogP contribution in [0.5, 0.6) is 0 Å². The summed E-state index contributed by atoms with van der Waals surface area (Å²) in [6, 6.07) is 0.0917. The van der Waals surface area contributed by atoms with Gasteiger partial charge in [0.2, 0.25) is 5.91 Å². The molecule has 1 aliphatic heterocycles. The van der Waals surface area contributed by atoms with Gasteiger partial charge in [-0.25, -0.2) is 0 Å². The van der Waals surface area contributed by atoms with Crippen molar-refractivity contribution < 1.29 is 4.79 Å². The molecular formula is C12H24N2O. The lowest BCUT2D eigenvalue weighted by Crippen LogP contribution is -2.33. The van der Waals surface area contributed by atoms with Gasteiger partial charge < -0.3 is 4.90 Å². The Morgan fingerprint density at radius 1 is 1.53 bits per heavy atom. The molecule has 1 rings (SSSR count). The lowest BCUT2D eigenvalue weighted by molar-refractivity contribution is -0.129. The molecule has 15 heavy (non-hydrogen) atoms. The Balaban J connectivity index is 2.35. The summed E-state index contributed by atoms with van der Waals surface area (Å²) in [5.74, 6) is 0.921. The van der Waals surface area contributed by atoms with E-state index in [1.54, 1.807) is 0 Å². The Morgan fingerprint density at radius 3 is 2.87 bits per heavy atom. The minimum Gasteiger partial charge on any atom is -0.328 e. The maximum absolute atomic E-state index is 11.9. The zero-order valence-electron chi connectivity index (χ0n) is 10.3. The summed E-state index contributed by atoms with van der Waals surface area (Å²) >= 11 is 0. The van der Waals surface area contributed by atoms with E-state index < -0.39 is 0 Å². The highest BCUT2D eigenvalue weighted by atomic mass is 16.2. The summed E-state index contributed by atoms with van der Waals surface area (Å²) < 4.78 is 0. The fraction of sp³-hybridized carbons (Fsp3) is 0.917. The average molecular weight is 212 g/mol. The fourth-order valence-corrected chi connectivity index (χ4v) is 1.90. The molecule has 88 valence electrons. The van der Waals surface area contributed by atoms with Crippen molar-refractivity contribution in [3.8, 4) is 0 Å². The number of carbonyl (C=O) groups excluding carboxylic acids is 1. The van der Waals surface area contributed by atoms with Crippen LogP contribution >= 0.6 is 0 Å². The standard InChI is InChI=1S/C12H24N2O/c1-4-6-7-11-12(15)14(9-13-11)8-10(3)5-2/h10-11,13H,4-9H2,1-3H3. The first-order valence-corrected chi connectivity index (χ1v) is 6.21. The number of carbonyl (C=O) groups is 1. The molecule has 0 aliphatic carbocycles. The van der Waals surface area contributed by atoms with Crippen molar-refractivity contribution in [3.05, 3.63) is 0 Å². The third-order valence-corrected chi connectivity index (χ3v) is 3.21. The predicted molar refractivity (Wildman–Crippen MR) is 62.5 cm³/mol. The SMILES string of the molecule is CCCCC1NCN(CC(C)CC)C1=O. The molecule has 0 saturated carbocycles. The average Bonchev–Trinajstić information content (AvgIpc) is 2.57. The van der Waals surface area contributed by atoms with Gasteiger partial charge in [-0.2, -0.15) is 0 Å². The highest BCUT2D eigenvalue weighted by Crippen LogP contribution is 2.13. The molecule has 1 saturated heterocycles. The van der Waals surface area contributed by atoms with Gasteiger partial charge in [0.1, 0.15) is 0 Å².